The highest BCUT2D eigenvalue weighted by Crippen LogP contribution is 2.35. The highest BCUT2D eigenvalue weighted by Gasteiger charge is 2.30. The van der Waals surface area contributed by atoms with E-state index in [1.165, 1.54) is 30.4 Å². The highest BCUT2D eigenvalue weighted by molar-refractivity contribution is 5.41. The summed E-state index contributed by atoms with van der Waals surface area (Å²) in [6.45, 7) is 10.1. The molecule has 116 valence electrons. The number of hydrogen-bond donors (Lipinski definition) is 1. The Bertz CT molecular complexity index is 508. The van der Waals surface area contributed by atoms with Crippen molar-refractivity contribution in [2.45, 2.75) is 71.6 Å². The number of benzene rings is 1. The van der Waals surface area contributed by atoms with Crippen LogP contribution in [0.15, 0.2) is 18.2 Å². The Kier molecular flexibility index (Phi) is 4.00. The van der Waals surface area contributed by atoms with Gasteiger partial charge in [0, 0.05) is 19.0 Å². The lowest BCUT2D eigenvalue weighted by atomic mass is 9.78. The van der Waals surface area contributed by atoms with Crippen molar-refractivity contribution in [3.8, 4) is 5.75 Å². The third kappa shape index (κ3) is 3.26. The molecular weight excluding hydrogens is 258 g/mol. The summed E-state index contributed by atoms with van der Waals surface area (Å²) in [6.07, 6.45) is 5.11. The van der Waals surface area contributed by atoms with Crippen molar-refractivity contribution in [1.82, 2.24) is 5.32 Å². The van der Waals surface area contributed by atoms with Crippen molar-refractivity contribution in [3.63, 3.8) is 0 Å². The van der Waals surface area contributed by atoms with Gasteiger partial charge in [-0.25, -0.2) is 0 Å². The Labute approximate surface area is 129 Å². The molecule has 1 aliphatic carbocycles. The zero-order valence-electron chi connectivity index (χ0n) is 13.9. The molecule has 3 atom stereocenters. The average Bonchev–Trinajstić information content (AvgIpc) is 2.73. The maximum atomic E-state index is 5.95. The molecule has 1 N–H and O–H groups in total. The molecule has 0 radical (unpaired) electrons. The molecule has 3 unspecified atom stereocenters. The van der Waals surface area contributed by atoms with Gasteiger partial charge in [0.1, 0.15) is 11.4 Å². The van der Waals surface area contributed by atoms with Gasteiger partial charge in [0.2, 0.25) is 0 Å². The highest BCUT2D eigenvalue weighted by atomic mass is 16.5. The fraction of sp³-hybridized carbons (Fsp3) is 0.684. The predicted molar refractivity (Wildman–Crippen MR) is 87.7 cm³/mol. The summed E-state index contributed by atoms with van der Waals surface area (Å²) in [4.78, 5) is 0. The van der Waals surface area contributed by atoms with Crippen molar-refractivity contribution in [3.05, 3.63) is 29.3 Å². The first-order valence-corrected chi connectivity index (χ1v) is 8.49. The van der Waals surface area contributed by atoms with Crippen molar-refractivity contribution >= 4 is 0 Å². The SMILES string of the molecule is CC1CCCC(NCc2ccc3c(c2)CC(C)(C)O3)C1C. The lowest BCUT2D eigenvalue weighted by Crippen LogP contribution is -2.40. The first-order valence-electron chi connectivity index (χ1n) is 8.49. The van der Waals surface area contributed by atoms with Gasteiger partial charge in [-0.1, -0.05) is 38.8 Å². The van der Waals surface area contributed by atoms with Gasteiger partial charge < -0.3 is 10.1 Å². The second-order valence-corrected chi connectivity index (χ2v) is 7.74. The molecule has 1 fully saturated rings. The molecule has 1 heterocycles. The van der Waals surface area contributed by atoms with Gasteiger partial charge >= 0.3 is 0 Å². The van der Waals surface area contributed by atoms with Crippen molar-refractivity contribution in [2.75, 3.05) is 0 Å². The van der Waals surface area contributed by atoms with Gasteiger partial charge in [-0.2, -0.15) is 0 Å². The Balaban J connectivity index is 1.62. The van der Waals surface area contributed by atoms with E-state index in [0.29, 0.717) is 6.04 Å². The molecule has 2 heteroatoms. The molecule has 0 amide bonds. The van der Waals surface area contributed by atoms with E-state index in [-0.39, 0.29) is 5.60 Å². The maximum Gasteiger partial charge on any atom is 0.123 e. The molecule has 0 spiro atoms. The minimum Gasteiger partial charge on any atom is -0.487 e. The second-order valence-electron chi connectivity index (χ2n) is 7.74. The number of rotatable bonds is 3. The third-order valence-corrected chi connectivity index (χ3v) is 5.40. The number of ether oxygens (including phenoxy) is 1. The van der Waals surface area contributed by atoms with Gasteiger partial charge in [0.15, 0.2) is 0 Å². The van der Waals surface area contributed by atoms with Crippen LogP contribution >= 0.6 is 0 Å². The van der Waals surface area contributed by atoms with Crippen LogP contribution in [0.4, 0.5) is 0 Å². The van der Waals surface area contributed by atoms with Crippen molar-refractivity contribution < 1.29 is 4.74 Å². The van der Waals surface area contributed by atoms with Crippen molar-refractivity contribution in [2.24, 2.45) is 11.8 Å². The number of nitrogens with one attached hydrogen (secondary N) is 1. The third-order valence-electron chi connectivity index (χ3n) is 5.40. The van der Waals surface area contributed by atoms with E-state index in [4.69, 9.17) is 4.74 Å². The fourth-order valence-corrected chi connectivity index (χ4v) is 3.89. The van der Waals surface area contributed by atoms with E-state index in [9.17, 15) is 0 Å². The monoisotopic (exact) mass is 287 g/mol. The van der Waals surface area contributed by atoms with Crippen LogP contribution in [0.3, 0.4) is 0 Å². The quantitative estimate of drug-likeness (QED) is 0.894. The fourth-order valence-electron chi connectivity index (χ4n) is 3.89. The Morgan fingerprint density at radius 2 is 2.05 bits per heavy atom. The van der Waals surface area contributed by atoms with Crippen LogP contribution in [0.25, 0.3) is 0 Å². The summed E-state index contributed by atoms with van der Waals surface area (Å²) < 4.78 is 5.95. The lowest BCUT2D eigenvalue weighted by Gasteiger charge is -2.34. The van der Waals surface area contributed by atoms with E-state index in [1.807, 2.05) is 0 Å². The van der Waals surface area contributed by atoms with Crippen LogP contribution in [0.5, 0.6) is 5.75 Å². The van der Waals surface area contributed by atoms with Crippen LogP contribution in [0, 0.1) is 11.8 Å². The summed E-state index contributed by atoms with van der Waals surface area (Å²) in [6, 6.07) is 7.36. The van der Waals surface area contributed by atoms with Crippen LogP contribution in [0.2, 0.25) is 0 Å². The molecular formula is C19H29NO. The maximum absolute atomic E-state index is 5.95. The summed E-state index contributed by atoms with van der Waals surface area (Å²) in [5.74, 6) is 2.71. The minimum absolute atomic E-state index is 0.0400. The largest absolute Gasteiger partial charge is 0.487 e. The van der Waals surface area contributed by atoms with E-state index in [2.05, 4.69) is 51.2 Å². The van der Waals surface area contributed by atoms with Gasteiger partial charge in [0.25, 0.3) is 0 Å². The minimum atomic E-state index is -0.0400. The summed E-state index contributed by atoms with van der Waals surface area (Å²) >= 11 is 0. The molecule has 1 aromatic carbocycles. The van der Waals surface area contributed by atoms with Crippen LogP contribution in [-0.4, -0.2) is 11.6 Å². The molecule has 0 aromatic heterocycles. The Morgan fingerprint density at radius 1 is 1.24 bits per heavy atom. The predicted octanol–water partition coefficient (Wildman–Crippen LogP) is 4.31. The summed E-state index contributed by atoms with van der Waals surface area (Å²) in [5, 5.41) is 3.79. The number of hydrogen-bond acceptors (Lipinski definition) is 2. The van der Waals surface area contributed by atoms with Crippen molar-refractivity contribution in [1.29, 1.82) is 0 Å². The second kappa shape index (κ2) is 5.64. The molecule has 1 aliphatic heterocycles. The standard InChI is InChI=1S/C19H29NO/c1-13-6-5-7-17(14(13)2)20-12-15-8-9-18-16(10-15)11-19(3,4)21-18/h8-10,13-14,17,20H,5-7,11-12H2,1-4H3. The van der Waals surface area contributed by atoms with Gasteiger partial charge in [-0.05, 0) is 49.3 Å². The van der Waals surface area contributed by atoms with E-state index in [1.54, 1.807) is 0 Å². The average molecular weight is 287 g/mol. The summed E-state index contributed by atoms with van der Waals surface area (Å²) in [5.41, 5.74) is 2.71. The molecule has 3 rings (SSSR count). The zero-order valence-corrected chi connectivity index (χ0v) is 13.9. The van der Waals surface area contributed by atoms with E-state index in [0.717, 1.165) is 30.6 Å². The smallest absolute Gasteiger partial charge is 0.123 e. The van der Waals surface area contributed by atoms with Crippen LogP contribution < -0.4 is 10.1 Å². The Morgan fingerprint density at radius 3 is 2.86 bits per heavy atom. The molecule has 0 bridgehead atoms. The first-order chi connectivity index (χ1) is 9.94. The molecule has 1 saturated carbocycles. The molecule has 1 aromatic rings. The molecule has 0 saturated heterocycles. The molecule has 21 heavy (non-hydrogen) atoms. The van der Waals surface area contributed by atoms with E-state index < -0.39 is 0 Å². The first kappa shape index (κ1) is 14.9. The lowest BCUT2D eigenvalue weighted by molar-refractivity contribution is 0.138. The number of fused-ring (bicyclic) bond motifs is 1. The van der Waals surface area contributed by atoms with Gasteiger partial charge in [-0.15, -0.1) is 0 Å². The zero-order chi connectivity index (χ0) is 15.0. The summed E-state index contributed by atoms with van der Waals surface area (Å²) in [7, 11) is 0. The van der Waals surface area contributed by atoms with Gasteiger partial charge in [0.05, 0.1) is 0 Å². The Hall–Kier alpha value is -1.02. The van der Waals surface area contributed by atoms with Gasteiger partial charge in [-0.3, -0.25) is 0 Å². The molecule has 2 nitrogen and oxygen atoms in total. The topological polar surface area (TPSA) is 21.3 Å². The van der Waals surface area contributed by atoms with Crippen LogP contribution in [-0.2, 0) is 13.0 Å². The van der Waals surface area contributed by atoms with Crippen LogP contribution in [0.1, 0.15) is 58.1 Å². The van der Waals surface area contributed by atoms with E-state index >= 15 is 0 Å². The molecule has 2 aliphatic rings. The normalized spacial score (nSPS) is 30.8.